The highest BCUT2D eigenvalue weighted by atomic mass is 32.1. The summed E-state index contributed by atoms with van der Waals surface area (Å²) in [5, 5.41) is 17.8. The summed E-state index contributed by atoms with van der Waals surface area (Å²) in [7, 11) is 0. The van der Waals surface area contributed by atoms with Gasteiger partial charge in [0.05, 0.1) is 22.9 Å². The number of anilines is 1. The van der Waals surface area contributed by atoms with Crippen LogP contribution in [0.3, 0.4) is 0 Å². The molecule has 31 heavy (non-hydrogen) atoms. The maximum absolute atomic E-state index is 12.2. The molecule has 0 unspecified atom stereocenters. The second kappa shape index (κ2) is 9.01. The highest BCUT2D eigenvalue weighted by Gasteiger charge is 2.28. The van der Waals surface area contributed by atoms with E-state index in [2.05, 4.69) is 26.2 Å². The number of piperidine rings is 1. The molecule has 0 radical (unpaired) electrons. The minimum Gasteiger partial charge on any atom is -0.444 e. The summed E-state index contributed by atoms with van der Waals surface area (Å²) in [6, 6.07) is 7.92. The summed E-state index contributed by atoms with van der Waals surface area (Å²) >= 11 is 1.70. The summed E-state index contributed by atoms with van der Waals surface area (Å²) < 4.78 is 7.09. The molecule has 0 atom stereocenters. The van der Waals surface area contributed by atoms with Crippen molar-refractivity contribution in [1.29, 1.82) is 0 Å². The molecule has 2 aromatic heterocycles. The van der Waals surface area contributed by atoms with Gasteiger partial charge in [0.1, 0.15) is 11.9 Å². The van der Waals surface area contributed by atoms with Gasteiger partial charge in [0.25, 0.3) is 0 Å². The van der Waals surface area contributed by atoms with Crippen LogP contribution >= 0.6 is 11.3 Å². The Kier molecular flexibility index (Phi) is 6.17. The quantitative estimate of drug-likeness (QED) is 0.642. The van der Waals surface area contributed by atoms with E-state index in [1.807, 2.05) is 45.0 Å². The third-order valence-electron chi connectivity index (χ3n) is 5.02. The van der Waals surface area contributed by atoms with Crippen molar-refractivity contribution in [2.75, 3.05) is 18.4 Å². The second-order valence-electron chi connectivity index (χ2n) is 8.57. The van der Waals surface area contributed by atoms with Crippen LogP contribution in [0, 0.1) is 0 Å². The molecule has 1 saturated heterocycles. The fraction of sp³-hybridized carbons (Fsp3) is 0.476. The molecule has 3 heterocycles. The number of rotatable bonds is 5. The molecule has 1 aliphatic rings. The molecule has 1 N–H and O–H groups in total. The van der Waals surface area contributed by atoms with Crippen LogP contribution in [0.2, 0.25) is 0 Å². The summed E-state index contributed by atoms with van der Waals surface area (Å²) in [6.45, 7) is 7.76. The van der Waals surface area contributed by atoms with Gasteiger partial charge in [-0.15, -0.1) is 16.4 Å². The van der Waals surface area contributed by atoms with Gasteiger partial charge in [0.2, 0.25) is 0 Å². The standard InChI is InChI=1S/C21H27N7O2S/c1-21(2,3)30-20(29)27-10-8-15(9-11-27)19-24-17(13-31-19)12-22-16-4-6-18(7-5-16)28-14-23-25-26-28/h4-7,13-15,22H,8-12H2,1-3H3. The molecule has 0 aliphatic carbocycles. The molecule has 3 aromatic rings. The van der Waals surface area contributed by atoms with Crippen LogP contribution in [0.15, 0.2) is 36.0 Å². The molecule has 164 valence electrons. The second-order valence-corrected chi connectivity index (χ2v) is 9.46. The van der Waals surface area contributed by atoms with Gasteiger partial charge in [0.15, 0.2) is 0 Å². The Morgan fingerprint density at radius 2 is 1.97 bits per heavy atom. The van der Waals surface area contributed by atoms with Crippen molar-refractivity contribution in [2.24, 2.45) is 0 Å². The fourth-order valence-corrected chi connectivity index (χ4v) is 4.42. The number of thiazole rings is 1. The number of nitrogens with zero attached hydrogens (tertiary/aromatic N) is 6. The molecule has 0 saturated carbocycles. The Balaban J connectivity index is 1.27. The first-order chi connectivity index (χ1) is 14.9. The van der Waals surface area contributed by atoms with Crippen molar-refractivity contribution < 1.29 is 9.53 Å². The zero-order valence-electron chi connectivity index (χ0n) is 18.0. The molecule has 1 amide bonds. The minimum atomic E-state index is -0.459. The maximum atomic E-state index is 12.2. The molecule has 1 fully saturated rings. The van der Waals surface area contributed by atoms with E-state index in [-0.39, 0.29) is 6.09 Å². The van der Waals surface area contributed by atoms with E-state index in [1.165, 1.54) is 0 Å². The largest absolute Gasteiger partial charge is 0.444 e. The average Bonchev–Trinajstić information content (AvgIpc) is 3.44. The van der Waals surface area contributed by atoms with Crippen LogP contribution in [0.25, 0.3) is 5.69 Å². The molecule has 1 aromatic carbocycles. The molecule has 4 rings (SSSR count). The van der Waals surface area contributed by atoms with Crippen LogP contribution in [0.4, 0.5) is 10.5 Å². The normalized spacial score (nSPS) is 15.1. The number of hydrogen-bond acceptors (Lipinski definition) is 8. The van der Waals surface area contributed by atoms with Crippen molar-refractivity contribution >= 4 is 23.1 Å². The van der Waals surface area contributed by atoms with Crippen molar-refractivity contribution in [2.45, 2.75) is 51.7 Å². The van der Waals surface area contributed by atoms with Gasteiger partial charge in [-0.25, -0.2) is 14.5 Å². The Morgan fingerprint density at radius 3 is 2.61 bits per heavy atom. The molecule has 10 heteroatoms. The predicted molar refractivity (Wildman–Crippen MR) is 118 cm³/mol. The van der Waals surface area contributed by atoms with Gasteiger partial charge in [-0.2, -0.15) is 0 Å². The topological polar surface area (TPSA) is 98.1 Å². The smallest absolute Gasteiger partial charge is 0.410 e. The Hall–Kier alpha value is -3.01. The predicted octanol–water partition coefficient (Wildman–Crippen LogP) is 3.85. The van der Waals surface area contributed by atoms with Crippen LogP contribution in [0.5, 0.6) is 0 Å². The van der Waals surface area contributed by atoms with E-state index in [1.54, 1.807) is 27.2 Å². The van der Waals surface area contributed by atoms with E-state index in [0.29, 0.717) is 25.6 Å². The lowest BCUT2D eigenvalue weighted by atomic mass is 9.98. The minimum absolute atomic E-state index is 0.221. The highest BCUT2D eigenvalue weighted by molar-refractivity contribution is 7.09. The third-order valence-corrected chi connectivity index (χ3v) is 6.08. The van der Waals surface area contributed by atoms with Gasteiger partial charge in [0, 0.05) is 30.1 Å². The molecule has 9 nitrogen and oxygen atoms in total. The zero-order valence-corrected chi connectivity index (χ0v) is 18.8. The van der Waals surface area contributed by atoms with Gasteiger partial charge in [-0.1, -0.05) is 0 Å². The lowest BCUT2D eigenvalue weighted by molar-refractivity contribution is 0.0205. The number of nitrogens with one attached hydrogen (secondary N) is 1. The van der Waals surface area contributed by atoms with Crippen LogP contribution in [-0.4, -0.2) is 54.9 Å². The monoisotopic (exact) mass is 441 g/mol. The van der Waals surface area contributed by atoms with Crippen molar-refractivity contribution in [1.82, 2.24) is 30.1 Å². The van der Waals surface area contributed by atoms with E-state index >= 15 is 0 Å². The lowest BCUT2D eigenvalue weighted by Gasteiger charge is -2.32. The maximum Gasteiger partial charge on any atom is 0.410 e. The summed E-state index contributed by atoms with van der Waals surface area (Å²) in [6.07, 6.45) is 3.18. The van der Waals surface area contributed by atoms with Crippen molar-refractivity contribution in [3.8, 4) is 5.69 Å². The number of tetrazole rings is 1. The lowest BCUT2D eigenvalue weighted by Crippen LogP contribution is -2.41. The first-order valence-electron chi connectivity index (χ1n) is 10.4. The third kappa shape index (κ3) is 5.57. The molecule has 0 bridgehead atoms. The fourth-order valence-electron chi connectivity index (χ4n) is 3.43. The summed E-state index contributed by atoms with van der Waals surface area (Å²) in [5.74, 6) is 0.396. The van der Waals surface area contributed by atoms with Crippen LogP contribution in [0.1, 0.15) is 50.2 Å². The molecule has 1 aliphatic heterocycles. The van der Waals surface area contributed by atoms with Gasteiger partial charge >= 0.3 is 6.09 Å². The number of likely N-dealkylation sites (tertiary alicyclic amines) is 1. The number of hydrogen-bond donors (Lipinski definition) is 1. The number of benzene rings is 1. The zero-order chi connectivity index (χ0) is 21.8. The van der Waals surface area contributed by atoms with Gasteiger partial charge < -0.3 is 15.0 Å². The Morgan fingerprint density at radius 1 is 1.23 bits per heavy atom. The van der Waals surface area contributed by atoms with Crippen LogP contribution < -0.4 is 5.32 Å². The van der Waals surface area contributed by atoms with E-state index in [4.69, 9.17) is 9.72 Å². The van der Waals surface area contributed by atoms with E-state index < -0.39 is 5.60 Å². The van der Waals surface area contributed by atoms with Crippen molar-refractivity contribution in [3.63, 3.8) is 0 Å². The van der Waals surface area contributed by atoms with E-state index in [0.717, 1.165) is 34.9 Å². The van der Waals surface area contributed by atoms with Gasteiger partial charge in [-0.3, -0.25) is 0 Å². The Labute approximate surface area is 185 Å². The highest BCUT2D eigenvalue weighted by Crippen LogP contribution is 2.31. The number of carbonyl (C=O) groups is 1. The molecular weight excluding hydrogens is 414 g/mol. The number of aromatic nitrogens is 5. The SMILES string of the molecule is CC(C)(C)OC(=O)N1CCC(c2nc(CNc3ccc(-n4cnnn4)cc3)cs2)CC1. The number of ether oxygens (including phenoxy) is 1. The molecular formula is C21H27N7O2S. The number of amides is 1. The van der Waals surface area contributed by atoms with Crippen LogP contribution in [-0.2, 0) is 11.3 Å². The molecule has 0 spiro atoms. The van der Waals surface area contributed by atoms with E-state index in [9.17, 15) is 4.79 Å². The average molecular weight is 442 g/mol. The number of carbonyl (C=O) groups excluding carboxylic acids is 1. The summed E-state index contributed by atoms with van der Waals surface area (Å²) in [4.78, 5) is 18.9. The van der Waals surface area contributed by atoms with Crippen molar-refractivity contribution in [3.05, 3.63) is 46.7 Å². The van der Waals surface area contributed by atoms with Gasteiger partial charge in [-0.05, 0) is 68.3 Å². The Bertz CT molecular complexity index is 988. The first-order valence-corrected chi connectivity index (χ1v) is 11.2. The first kappa shape index (κ1) is 21.2. The summed E-state index contributed by atoms with van der Waals surface area (Å²) in [5.41, 5.74) is 2.49.